The lowest BCUT2D eigenvalue weighted by Crippen LogP contribution is -2.10. The number of hydrogen-bond donors (Lipinski definition) is 0. The van der Waals surface area contributed by atoms with E-state index in [9.17, 15) is 18.0 Å². The highest BCUT2D eigenvalue weighted by atomic mass is 19.4. The van der Waals surface area contributed by atoms with Crippen LogP contribution in [0.15, 0.2) is 41.1 Å². The first-order valence-corrected chi connectivity index (χ1v) is 8.39. The van der Waals surface area contributed by atoms with Crippen LogP contribution in [0.1, 0.15) is 38.5 Å². The minimum absolute atomic E-state index is 0.0852. The summed E-state index contributed by atoms with van der Waals surface area (Å²) in [6, 6.07) is 7.49. The molecule has 3 aromatic rings. The lowest BCUT2D eigenvalue weighted by Gasteiger charge is -2.07. The second-order valence-electron chi connectivity index (χ2n) is 6.46. The summed E-state index contributed by atoms with van der Waals surface area (Å²) >= 11 is 0. The summed E-state index contributed by atoms with van der Waals surface area (Å²) in [4.78, 5) is 15.2. The maximum Gasteiger partial charge on any atom is 0.433 e. The van der Waals surface area contributed by atoms with E-state index in [1.54, 1.807) is 6.07 Å². The fourth-order valence-electron chi connectivity index (χ4n) is 2.99. The van der Waals surface area contributed by atoms with Crippen LogP contribution in [0, 0.1) is 20.8 Å². The molecule has 8 heteroatoms. The molecule has 0 fully saturated rings. The third-order valence-corrected chi connectivity index (χ3v) is 4.13. The van der Waals surface area contributed by atoms with Gasteiger partial charge in [0.2, 0.25) is 0 Å². The average molecular weight is 390 g/mol. The van der Waals surface area contributed by atoms with Crippen molar-refractivity contribution in [1.29, 1.82) is 0 Å². The molecule has 2 heterocycles. The van der Waals surface area contributed by atoms with Gasteiger partial charge >= 0.3 is 12.1 Å². The number of ether oxygens (including phenoxy) is 1. The minimum atomic E-state index is -4.56. The summed E-state index contributed by atoms with van der Waals surface area (Å²) in [5.41, 5.74) is 3.64. The van der Waals surface area contributed by atoms with Gasteiger partial charge in [-0.25, -0.2) is 4.79 Å². The molecule has 0 aliphatic heterocycles. The molecular weight excluding hydrogens is 373 g/mol. The number of benzene rings is 1. The highest BCUT2D eigenvalue weighted by Crippen LogP contribution is 2.29. The molecule has 3 rings (SSSR count). The van der Waals surface area contributed by atoms with E-state index in [0.717, 1.165) is 40.6 Å². The van der Waals surface area contributed by atoms with Crippen LogP contribution in [0.3, 0.4) is 0 Å². The van der Waals surface area contributed by atoms with Crippen molar-refractivity contribution in [3.05, 3.63) is 70.2 Å². The third kappa shape index (κ3) is 4.21. The Morgan fingerprint density at radius 3 is 2.36 bits per heavy atom. The van der Waals surface area contributed by atoms with Crippen LogP contribution in [0.4, 0.5) is 13.2 Å². The smallest absolute Gasteiger partial charge is 0.433 e. The minimum Gasteiger partial charge on any atom is -0.454 e. The van der Waals surface area contributed by atoms with Crippen LogP contribution in [0.2, 0.25) is 0 Å². The molecule has 0 atom stereocenters. The first-order valence-electron chi connectivity index (χ1n) is 8.39. The number of aromatic nitrogens is 2. The van der Waals surface area contributed by atoms with Gasteiger partial charge in [0.25, 0.3) is 0 Å². The van der Waals surface area contributed by atoms with Crippen LogP contribution < -0.4 is 0 Å². The van der Waals surface area contributed by atoms with E-state index in [1.165, 1.54) is 0 Å². The summed E-state index contributed by atoms with van der Waals surface area (Å²) in [7, 11) is 0. The molecule has 0 N–H and O–H groups in total. The van der Waals surface area contributed by atoms with Crippen molar-refractivity contribution >= 4 is 5.97 Å². The van der Waals surface area contributed by atoms with E-state index < -0.39 is 17.8 Å². The zero-order valence-corrected chi connectivity index (χ0v) is 15.4. The standard InChI is InChI=1S/C20H17F3N2O3/c1-11-6-12(2)18(13(3)7-11)16-8-15(28-25-16)10-27-19(26)14-4-5-17(24-9-14)20(21,22)23/h4-9H,10H2,1-3H3. The number of carbonyl (C=O) groups is 1. The monoisotopic (exact) mass is 390 g/mol. The number of halogens is 3. The molecule has 0 unspecified atom stereocenters. The van der Waals surface area contributed by atoms with Crippen molar-refractivity contribution in [1.82, 2.24) is 10.1 Å². The molecule has 1 aromatic carbocycles. The van der Waals surface area contributed by atoms with Crippen molar-refractivity contribution in [3.63, 3.8) is 0 Å². The quantitative estimate of drug-likeness (QED) is 0.584. The normalized spacial score (nSPS) is 11.5. The summed E-state index contributed by atoms with van der Waals surface area (Å²) in [5.74, 6) is -0.482. The number of carbonyl (C=O) groups excluding carboxylic acids is 1. The van der Waals surface area contributed by atoms with E-state index in [-0.39, 0.29) is 12.2 Å². The number of alkyl halides is 3. The van der Waals surface area contributed by atoms with Gasteiger partial charge in [-0.05, 0) is 44.0 Å². The van der Waals surface area contributed by atoms with E-state index in [0.29, 0.717) is 11.5 Å². The van der Waals surface area contributed by atoms with E-state index >= 15 is 0 Å². The van der Waals surface area contributed by atoms with Crippen LogP contribution >= 0.6 is 0 Å². The number of rotatable bonds is 4. The molecule has 0 aliphatic rings. The number of pyridine rings is 1. The zero-order chi connectivity index (χ0) is 20.5. The Hall–Kier alpha value is -3.16. The van der Waals surface area contributed by atoms with Gasteiger partial charge in [-0.15, -0.1) is 0 Å². The second-order valence-corrected chi connectivity index (χ2v) is 6.46. The topological polar surface area (TPSA) is 65.2 Å². The number of hydrogen-bond acceptors (Lipinski definition) is 5. The van der Waals surface area contributed by atoms with Gasteiger partial charge in [-0.3, -0.25) is 4.98 Å². The van der Waals surface area contributed by atoms with Crippen molar-refractivity contribution in [3.8, 4) is 11.3 Å². The van der Waals surface area contributed by atoms with Gasteiger partial charge in [0.05, 0.1) is 5.56 Å². The van der Waals surface area contributed by atoms with Crippen LogP contribution in [0.5, 0.6) is 0 Å². The fraction of sp³-hybridized carbons (Fsp3) is 0.250. The molecule has 0 saturated heterocycles. The Bertz CT molecular complexity index is 985. The predicted octanol–water partition coefficient (Wildman–Crippen LogP) is 5.04. The summed E-state index contributed by atoms with van der Waals surface area (Å²) in [6.45, 7) is 5.76. The van der Waals surface area contributed by atoms with Crippen molar-refractivity contribution in [2.45, 2.75) is 33.6 Å². The average Bonchev–Trinajstić information content (AvgIpc) is 3.06. The van der Waals surface area contributed by atoms with E-state index in [2.05, 4.69) is 10.1 Å². The Kier molecular flexibility index (Phi) is 5.22. The molecule has 5 nitrogen and oxygen atoms in total. The van der Waals surface area contributed by atoms with Crippen molar-refractivity contribution < 1.29 is 27.2 Å². The number of aryl methyl sites for hydroxylation is 3. The van der Waals surface area contributed by atoms with Gasteiger partial charge in [0, 0.05) is 17.8 Å². The molecule has 28 heavy (non-hydrogen) atoms. The number of esters is 1. The van der Waals surface area contributed by atoms with Crippen LogP contribution in [-0.4, -0.2) is 16.1 Å². The Balaban J connectivity index is 1.69. The second kappa shape index (κ2) is 7.46. The van der Waals surface area contributed by atoms with Crippen LogP contribution in [0.25, 0.3) is 11.3 Å². The van der Waals surface area contributed by atoms with Crippen molar-refractivity contribution in [2.75, 3.05) is 0 Å². The highest BCUT2D eigenvalue weighted by molar-refractivity contribution is 5.89. The maximum atomic E-state index is 12.5. The third-order valence-electron chi connectivity index (χ3n) is 4.13. The molecule has 0 amide bonds. The molecule has 0 radical (unpaired) electrons. The zero-order valence-electron chi connectivity index (χ0n) is 15.4. The predicted molar refractivity (Wildman–Crippen MR) is 94.5 cm³/mol. The molecule has 146 valence electrons. The van der Waals surface area contributed by atoms with Gasteiger partial charge in [-0.2, -0.15) is 13.2 Å². The van der Waals surface area contributed by atoms with E-state index in [1.807, 2.05) is 32.9 Å². The maximum absolute atomic E-state index is 12.5. The molecule has 0 bridgehead atoms. The first kappa shape index (κ1) is 19.6. The van der Waals surface area contributed by atoms with Gasteiger partial charge < -0.3 is 9.26 Å². The fourth-order valence-corrected chi connectivity index (χ4v) is 2.99. The summed E-state index contributed by atoms with van der Waals surface area (Å²) in [5, 5.41) is 4.02. The summed E-state index contributed by atoms with van der Waals surface area (Å²) < 4.78 is 47.8. The van der Waals surface area contributed by atoms with E-state index in [4.69, 9.17) is 9.26 Å². The van der Waals surface area contributed by atoms with Gasteiger partial charge in [-0.1, -0.05) is 22.9 Å². The van der Waals surface area contributed by atoms with Gasteiger partial charge in [0.15, 0.2) is 12.4 Å². The molecule has 0 spiro atoms. The van der Waals surface area contributed by atoms with Gasteiger partial charge in [0.1, 0.15) is 11.4 Å². The Labute approximate surface area is 159 Å². The Morgan fingerprint density at radius 2 is 1.79 bits per heavy atom. The van der Waals surface area contributed by atoms with Crippen LogP contribution in [-0.2, 0) is 17.5 Å². The van der Waals surface area contributed by atoms with Crippen molar-refractivity contribution in [2.24, 2.45) is 0 Å². The molecule has 0 saturated carbocycles. The number of nitrogens with zero attached hydrogens (tertiary/aromatic N) is 2. The largest absolute Gasteiger partial charge is 0.454 e. The highest BCUT2D eigenvalue weighted by Gasteiger charge is 2.32. The first-order chi connectivity index (χ1) is 13.1. The summed E-state index contributed by atoms with van der Waals surface area (Å²) in [6.07, 6.45) is -3.74. The Morgan fingerprint density at radius 1 is 1.11 bits per heavy atom. The molecule has 0 aliphatic carbocycles. The lowest BCUT2D eigenvalue weighted by molar-refractivity contribution is -0.141. The molecule has 2 aromatic heterocycles. The SMILES string of the molecule is Cc1cc(C)c(-c2cc(COC(=O)c3ccc(C(F)(F)F)nc3)on2)c(C)c1. The lowest BCUT2D eigenvalue weighted by atomic mass is 9.97. The molecular formula is C20H17F3N2O3.